The second-order valence-corrected chi connectivity index (χ2v) is 17.9. The Hall–Kier alpha value is -2.97. The molecule has 2 atom stereocenters. The Labute approximate surface area is 259 Å². The quantitative estimate of drug-likeness (QED) is 0.129. The number of carbonyl (C=O) groups excluding carboxylic acids is 1. The molecule has 5 N–H and O–H groups in total. The first-order valence-corrected chi connectivity index (χ1v) is 18.4. The predicted octanol–water partition coefficient (Wildman–Crippen LogP) is 6.42. The van der Waals surface area contributed by atoms with Crippen LogP contribution in [0, 0.1) is 13.8 Å². The van der Waals surface area contributed by atoms with E-state index in [1.54, 1.807) is 6.07 Å². The summed E-state index contributed by atoms with van der Waals surface area (Å²) in [5, 5.41) is 26.4. The minimum absolute atomic E-state index is 0.0559. The van der Waals surface area contributed by atoms with Gasteiger partial charge in [-0.3, -0.25) is 4.79 Å². The summed E-state index contributed by atoms with van der Waals surface area (Å²) < 4.78 is 0. The number of phenols is 1. The molecule has 43 heavy (non-hydrogen) atoms. The van der Waals surface area contributed by atoms with Crippen molar-refractivity contribution >= 4 is 14.2 Å². The van der Waals surface area contributed by atoms with Gasteiger partial charge in [0.2, 0.25) is 5.91 Å². The minimum atomic E-state index is -2.44. The molecule has 0 aliphatic heterocycles. The lowest BCUT2D eigenvalue weighted by Gasteiger charge is -2.38. The van der Waals surface area contributed by atoms with Gasteiger partial charge in [-0.15, -0.1) is 0 Å². The lowest BCUT2D eigenvalue weighted by atomic mass is 9.88. The number of aliphatic hydroxyl groups is 1. The van der Waals surface area contributed by atoms with E-state index in [0.29, 0.717) is 31.5 Å². The number of benzene rings is 3. The lowest BCUT2D eigenvalue weighted by Crippen LogP contribution is -2.41. The van der Waals surface area contributed by atoms with Crippen molar-refractivity contribution in [2.24, 2.45) is 0 Å². The zero-order chi connectivity index (χ0) is 31.8. The van der Waals surface area contributed by atoms with Crippen molar-refractivity contribution in [3.63, 3.8) is 0 Å². The number of amides is 1. The van der Waals surface area contributed by atoms with Crippen molar-refractivity contribution in [3.05, 3.63) is 99.6 Å². The molecule has 7 heteroatoms. The highest BCUT2D eigenvalue weighted by Gasteiger charge is 2.40. The zero-order valence-corrected chi connectivity index (χ0v) is 28.1. The summed E-state index contributed by atoms with van der Waals surface area (Å²) in [6.07, 6.45) is 2.78. The highest BCUT2D eigenvalue weighted by atomic mass is 28.4. The molecule has 0 saturated heterocycles. The van der Waals surface area contributed by atoms with Crippen LogP contribution in [0.4, 0.5) is 0 Å². The second kappa shape index (κ2) is 15.2. The van der Waals surface area contributed by atoms with E-state index in [0.717, 1.165) is 29.5 Å². The van der Waals surface area contributed by atoms with Gasteiger partial charge < -0.3 is 25.6 Å². The van der Waals surface area contributed by atoms with E-state index in [1.807, 2.05) is 25.2 Å². The molecule has 3 aromatic rings. The van der Waals surface area contributed by atoms with Crippen molar-refractivity contribution in [1.82, 2.24) is 10.6 Å². The monoisotopic (exact) mass is 604 g/mol. The first kappa shape index (κ1) is 34.5. The van der Waals surface area contributed by atoms with Crippen molar-refractivity contribution in [1.29, 1.82) is 0 Å². The van der Waals surface area contributed by atoms with Crippen molar-refractivity contribution in [2.45, 2.75) is 104 Å². The Morgan fingerprint density at radius 3 is 2.35 bits per heavy atom. The third-order valence-corrected chi connectivity index (χ3v) is 12.6. The van der Waals surface area contributed by atoms with Gasteiger partial charge in [0.15, 0.2) is 8.32 Å². The minimum Gasteiger partial charge on any atom is -0.508 e. The van der Waals surface area contributed by atoms with Crippen molar-refractivity contribution in [3.8, 4) is 5.75 Å². The molecule has 0 aliphatic carbocycles. The highest BCUT2D eigenvalue weighted by Crippen LogP contribution is 2.44. The Morgan fingerprint density at radius 1 is 0.953 bits per heavy atom. The van der Waals surface area contributed by atoms with Crippen LogP contribution in [-0.2, 0) is 30.8 Å². The summed E-state index contributed by atoms with van der Waals surface area (Å²) in [5.74, 6) is 0.262. The number of aliphatic hydroxyl groups excluding tert-OH is 1. The van der Waals surface area contributed by atoms with Crippen LogP contribution < -0.4 is 10.6 Å². The van der Waals surface area contributed by atoms with Gasteiger partial charge in [0, 0.05) is 31.1 Å². The average Bonchev–Trinajstić information content (AvgIpc) is 2.94. The average molecular weight is 605 g/mol. The topological polar surface area (TPSA) is 102 Å². The summed E-state index contributed by atoms with van der Waals surface area (Å²) in [5.41, 5.74) is 7.55. The maximum Gasteiger partial charge on any atom is 0.220 e. The van der Waals surface area contributed by atoms with Crippen molar-refractivity contribution < 1.29 is 19.8 Å². The van der Waals surface area contributed by atoms with E-state index in [9.17, 15) is 19.8 Å². The van der Waals surface area contributed by atoms with Gasteiger partial charge in [-0.05, 0) is 110 Å². The molecule has 0 aliphatic rings. The van der Waals surface area contributed by atoms with Crippen LogP contribution in [0.3, 0.4) is 0 Å². The van der Waals surface area contributed by atoms with Gasteiger partial charge in [0.25, 0.3) is 0 Å². The molecule has 234 valence electrons. The maximum atomic E-state index is 12.5. The molecular weight excluding hydrogens is 552 g/mol. The van der Waals surface area contributed by atoms with Gasteiger partial charge in [0.05, 0.1) is 6.61 Å². The van der Waals surface area contributed by atoms with E-state index in [4.69, 9.17) is 0 Å². The first-order chi connectivity index (χ1) is 20.2. The molecular formula is C36H52N2O4Si. The van der Waals surface area contributed by atoms with E-state index < -0.39 is 8.32 Å². The van der Waals surface area contributed by atoms with Gasteiger partial charge in [-0.25, -0.2) is 0 Å². The summed E-state index contributed by atoms with van der Waals surface area (Å²) in [4.78, 5) is 23.5. The molecule has 0 aromatic heterocycles. The molecule has 3 rings (SSSR count). The fourth-order valence-corrected chi connectivity index (χ4v) is 6.05. The Morgan fingerprint density at radius 2 is 1.67 bits per heavy atom. The Balaban J connectivity index is 1.58. The number of hydrogen-bond donors (Lipinski definition) is 5. The second-order valence-electron chi connectivity index (χ2n) is 13.4. The van der Waals surface area contributed by atoms with Crippen molar-refractivity contribution in [2.75, 3.05) is 6.54 Å². The number of aryl methyl sites for hydroxylation is 3. The highest BCUT2D eigenvalue weighted by molar-refractivity contribution is 6.72. The van der Waals surface area contributed by atoms with E-state index in [-0.39, 0.29) is 35.3 Å². The third kappa shape index (κ3) is 10.3. The van der Waals surface area contributed by atoms with Crippen LogP contribution in [0.5, 0.6) is 5.75 Å². The molecule has 0 unspecified atom stereocenters. The van der Waals surface area contributed by atoms with E-state index >= 15 is 0 Å². The van der Waals surface area contributed by atoms with Crippen LogP contribution >= 0.6 is 0 Å². The smallest absolute Gasteiger partial charge is 0.220 e. The predicted molar refractivity (Wildman–Crippen MR) is 179 cm³/mol. The molecule has 0 fully saturated rings. The number of rotatable bonds is 15. The molecule has 0 heterocycles. The van der Waals surface area contributed by atoms with Gasteiger partial charge in [0.1, 0.15) is 5.75 Å². The standard InChI is InChI=1S/C36H52N2O4Si/c1-25-11-12-30(17-26(25)2)22-38-35(41)16-13-28-9-8-10-29(19-28)18-27(3)37-23-33(21-36(4,5)43(6,7)42)31-14-15-34(40)32(20-31)24-39/h8-12,14-15,17,19-20,27,33,37,39-40,42H,13,16,18,21-24H2,1-7H3,(H,38,41)/t27-,33+/m1/s1. The molecule has 6 nitrogen and oxygen atoms in total. The number of hydrogen-bond acceptors (Lipinski definition) is 5. The largest absolute Gasteiger partial charge is 0.508 e. The summed E-state index contributed by atoms with van der Waals surface area (Å²) in [6, 6.07) is 20.4. The van der Waals surface area contributed by atoms with Crippen LogP contribution in [0.25, 0.3) is 0 Å². The molecule has 1 amide bonds. The van der Waals surface area contributed by atoms with Gasteiger partial charge >= 0.3 is 0 Å². The molecule has 3 aromatic carbocycles. The molecule has 0 saturated carbocycles. The molecule has 0 bridgehead atoms. The van der Waals surface area contributed by atoms with Crippen LogP contribution in [-0.4, -0.2) is 41.8 Å². The van der Waals surface area contributed by atoms with E-state index in [2.05, 4.69) is 87.7 Å². The van der Waals surface area contributed by atoms with Crippen LogP contribution in [0.15, 0.2) is 60.7 Å². The fourth-order valence-electron chi connectivity index (χ4n) is 5.30. The van der Waals surface area contributed by atoms with Gasteiger partial charge in [-0.2, -0.15) is 0 Å². The number of aromatic hydroxyl groups is 1. The normalized spacial score (nSPS) is 13.5. The van der Waals surface area contributed by atoms with Crippen LogP contribution in [0.2, 0.25) is 18.1 Å². The fraction of sp³-hybridized carbons (Fsp3) is 0.472. The maximum absolute atomic E-state index is 12.5. The summed E-state index contributed by atoms with van der Waals surface area (Å²) >= 11 is 0. The molecule has 0 radical (unpaired) electrons. The lowest BCUT2D eigenvalue weighted by molar-refractivity contribution is -0.121. The molecule has 0 spiro atoms. The Bertz CT molecular complexity index is 1370. The number of carbonyl (C=O) groups is 1. The van der Waals surface area contributed by atoms with Gasteiger partial charge in [-0.1, -0.05) is 62.4 Å². The first-order valence-electron chi connectivity index (χ1n) is 15.5. The summed E-state index contributed by atoms with van der Waals surface area (Å²) in [7, 11) is -2.44. The number of nitrogens with one attached hydrogen (secondary N) is 2. The van der Waals surface area contributed by atoms with Crippen LogP contribution in [0.1, 0.15) is 78.5 Å². The van der Waals surface area contributed by atoms with E-state index in [1.165, 1.54) is 16.7 Å². The zero-order valence-electron chi connectivity index (χ0n) is 27.1. The summed E-state index contributed by atoms with van der Waals surface area (Å²) in [6.45, 7) is 15.6. The Kier molecular flexibility index (Phi) is 12.2. The third-order valence-electron chi connectivity index (χ3n) is 9.11. The SMILES string of the molecule is Cc1ccc(CNC(=O)CCc2cccc(C[C@@H](C)NC[C@H](CC(C)(C)[Si](C)(C)O)c3ccc(O)c(CO)c3)c2)cc1C.